The Labute approximate surface area is 377 Å². The minimum Gasteiger partial charge on any atom is -0.462 e. The zero-order chi connectivity index (χ0) is 47.6. The third kappa shape index (κ3) is 18.2. The third-order valence-electron chi connectivity index (χ3n) is 12.1. The van der Waals surface area contributed by atoms with Crippen LogP contribution in [-0.2, 0) is 23.7 Å². The molecule has 19 atom stereocenters. The lowest BCUT2D eigenvalue weighted by Crippen LogP contribution is -2.61. The Morgan fingerprint density at radius 1 is 0.672 bits per heavy atom. The van der Waals surface area contributed by atoms with Gasteiger partial charge < -0.3 is 75.7 Å². The molecule has 12 N–H and O–H groups in total. The quantitative estimate of drug-likeness (QED) is 0.142. The molecule has 0 spiro atoms. The van der Waals surface area contributed by atoms with E-state index in [0.717, 1.165) is 0 Å². The van der Waals surface area contributed by atoms with Crippen LogP contribution >= 0.6 is 0 Å². The van der Waals surface area contributed by atoms with Crippen LogP contribution in [0.1, 0.15) is 79.1 Å². The largest absolute Gasteiger partial charge is 0.462 e. The van der Waals surface area contributed by atoms with Crippen molar-refractivity contribution in [2.75, 3.05) is 0 Å². The summed E-state index contributed by atoms with van der Waals surface area (Å²) < 4.78 is 23.6. The minimum absolute atomic E-state index is 0.0107. The topological polar surface area (TPSA) is 282 Å². The first-order chi connectivity index (χ1) is 30.2. The van der Waals surface area contributed by atoms with Gasteiger partial charge in [0.15, 0.2) is 12.1 Å². The molecule has 362 valence electrons. The molecule has 2 saturated heterocycles. The Kier molecular flexibility index (Phi) is 23.7. The van der Waals surface area contributed by atoms with Crippen molar-refractivity contribution in [2.45, 2.75) is 177 Å². The number of fused-ring (bicyclic) bond motifs is 2. The van der Waals surface area contributed by atoms with Crippen molar-refractivity contribution in [1.82, 2.24) is 0 Å². The van der Waals surface area contributed by atoms with Crippen molar-refractivity contribution in [3.63, 3.8) is 0 Å². The standard InChI is InChI=1S/C48H75NO15/c1-6-37-40(55)28-48(60)27-35(52)24-39(54)38(53)22-21-33(50)23-34(51)25-42(56)61-31(4)30(3)44(57)29(2)19-17-15-13-11-9-7-8-10-12-14-16-18-20-36(26-41(37)64-48)63-47-46(59)43(49)45(58)32(5)62-47/h6-20,29-41,43-47,50-55,57-60H,1,21-28,49H2,2-5H3/b8-7+,11-9+,12-10+,15-13+,16-14+,19-17-,20-18+/t29-,30-,31-,32+,33+,34+,35-,36-,37+,38+,39+,40-,41-,43-,44+,45+,46-,47-,48+/m0/s1. The molecule has 3 heterocycles. The van der Waals surface area contributed by atoms with Gasteiger partial charge in [-0.1, -0.05) is 105 Å². The van der Waals surface area contributed by atoms with E-state index in [-0.39, 0.29) is 38.0 Å². The number of carbonyl (C=O) groups is 1. The van der Waals surface area contributed by atoms with Crippen molar-refractivity contribution in [2.24, 2.45) is 23.5 Å². The summed E-state index contributed by atoms with van der Waals surface area (Å²) in [5.74, 6) is -4.21. The van der Waals surface area contributed by atoms with Gasteiger partial charge >= 0.3 is 5.97 Å². The molecule has 2 fully saturated rings. The van der Waals surface area contributed by atoms with E-state index in [1.807, 2.05) is 61.6 Å². The average Bonchev–Trinajstić information content (AvgIpc) is 3.22. The van der Waals surface area contributed by atoms with Gasteiger partial charge in [-0.2, -0.15) is 0 Å². The number of cyclic esters (lactones) is 1. The summed E-state index contributed by atoms with van der Waals surface area (Å²) in [5.41, 5.74) is 6.06. The second-order valence-electron chi connectivity index (χ2n) is 17.5. The lowest BCUT2D eigenvalue weighted by Gasteiger charge is -2.46. The van der Waals surface area contributed by atoms with Crippen LogP contribution in [0.15, 0.2) is 97.7 Å². The molecule has 0 aromatic carbocycles. The first kappa shape index (κ1) is 55.2. The number of aliphatic hydroxyl groups excluding tert-OH is 9. The predicted molar refractivity (Wildman–Crippen MR) is 240 cm³/mol. The number of hydrogen-bond acceptors (Lipinski definition) is 16. The van der Waals surface area contributed by atoms with Gasteiger partial charge in [0.1, 0.15) is 12.2 Å². The highest BCUT2D eigenvalue weighted by molar-refractivity contribution is 5.70. The summed E-state index contributed by atoms with van der Waals surface area (Å²) in [5, 5.41) is 108. The van der Waals surface area contributed by atoms with E-state index in [4.69, 9.17) is 24.7 Å². The molecule has 64 heavy (non-hydrogen) atoms. The summed E-state index contributed by atoms with van der Waals surface area (Å²) >= 11 is 0. The van der Waals surface area contributed by atoms with Gasteiger partial charge in [-0.05, 0) is 33.1 Å². The molecule has 16 heteroatoms. The number of esters is 1. The number of aliphatic hydroxyl groups is 10. The summed E-state index contributed by atoms with van der Waals surface area (Å²) in [6, 6.07) is -1.07. The number of allylic oxidation sites excluding steroid dienone is 12. The first-order valence-corrected chi connectivity index (χ1v) is 22.3. The Balaban J connectivity index is 1.83. The highest BCUT2D eigenvalue weighted by Crippen LogP contribution is 2.38. The van der Waals surface area contributed by atoms with E-state index in [1.54, 1.807) is 51.2 Å². The zero-order valence-electron chi connectivity index (χ0n) is 37.5. The number of nitrogens with two attached hydrogens (primary N) is 1. The van der Waals surface area contributed by atoms with E-state index >= 15 is 0 Å². The van der Waals surface area contributed by atoms with E-state index < -0.39 is 135 Å². The van der Waals surface area contributed by atoms with Crippen LogP contribution in [0.25, 0.3) is 0 Å². The fraction of sp³-hybridized carbons (Fsp3) is 0.646. The molecule has 0 aromatic rings. The van der Waals surface area contributed by atoms with Gasteiger partial charge in [0, 0.05) is 43.4 Å². The van der Waals surface area contributed by atoms with E-state index in [9.17, 15) is 55.9 Å². The SMILES string of the molecule is C=C[C@H]1[C@@H]2C[C@@H](O[C@@H]3O[C@H](C)[C@@H](O)[C@H](N)[C@@H]3O)/C=C/C=C/C=C/C=C/C=C/C=C/C=C\[C@H](C)[C@@H](O)[C@@H](C)[C@H](C)OC(=O)C[C@H](O)C[C@H](O)CC[C@@H](O)[C@H](O)C[C@H](O)C[C@](O)(C[C@@H]1O)O2. The van der Waals surface area contributed by atoms with Crippen molar-refractivity contribution in [1.29, 1.82) is 0 Å². The van der Waals surface area contributed by atoms with Crippen LogP contribution in [0.5, 0.6) is 0 Å². The normalized spacial score (nSPS) is 46.0. The average molecular weight is 906 g/mol. The lowest BCUT2D eigenvalue weighted by molar-refractivity contribution is -0.306. The van der Waals surface area contributed by atoms with Crippen molar-refractivity contribution in [3.8, 4) is 0 Å². The second-order valence-corrected chi connectivity index (χ2v) is 17.5. The fourth-order valence-electron chi connectivity index (χ4n) is 7.98. The maximum atomic E-state index is 12.6. The molecule has 0 amide bonds. The van der Waals surface area contributed by atoms with Gasteiger partial charge in [-0.25, -0.2) is 0 Å². The molecule has 16 nitrogen and oxygen atoms in total. The van der Waals surface area contributed by atoms with Crippen molar-refractivity contribution in [3.05, 3.63) is 97.7 Å². The second kappa shape index (κ2) is 27.5. The number of carbonyl (C=O) groups excluding carboxylic acids is 1. The molecule has 0 saturated carbocycles. The Hall–Kier alpha value is -3.17. The highest BCUT2D eigenvalue weighted by atomic mass is 16.7. The van der Waals surface area contributed by atoms with Gasteiger partial charge in [-0.3, -0.25) is 4.79 Å². The molecular weight excluding hydrogens is 831 g/mol. The molecule has 0 aliphatic carbocycles. The van der Waals surface area contributed by atoms with Crippen LogP contribution in [0, 0.1) is 17.8 Å². The summed E-state index contributed by atoms with van der Waals surface area (Å²) in [6.45, 7) is 10.7. The van der Waals surface area contributed by atoms with Gasteiger partial charge in [0.2, 0.25) is 0 Å². The van der Waals surface area contributed by atoms with Gasteiger partial charge in [0.05, 0.1) is 79.6 Å². The van der Waals surface area contributed by atoms with Crippen LogP contribution in [-0.4, -0.2) is 155 Å². The van der Waals surface area contributed by atoms with Crippen LogP contribution in [0.2, 0.25) is 0 Å². The lowest BCUT2D eigenvalue weighted by atomic mass is 9.82. The Morgan fingerprint density at radius 2 is 1.25 bits per heavy atom. The molecule has 0 unspecified atom stereocenters. The number of hydrogen-bond donors (Lipinski definition) is 11. The predicted octanol–water partition coefficient (Wildman–Crippen LogP) is 1.81. The maximum absolute atomic E-state index is 12.6. The smallest absolute Gasteiger partial charge is 0.308 e. The molecule has 0 aromatic heterocycles. The first-order valence-electron chi connectivity index (χ1n) is 22.3. The molecule has 2 bridgehead atoms. The van der Waals surface area contributed by atoms with Crippen molar-refractivity contribution >= 4 is 5.97 Å². The highest BCUT2D eigenvalue weighted by Gasteiger charge is 2.47. The van der Waals surface area contributed by atoms with E-state index in [0.29, 0.717) is 0 Å². The van der Waals surface area contributed by atoms with Gasteiger partial charge in [-0.15, -0.1) is 6.58 Å². The molecule has 3 aliphatic heterocycles. The Bertz CT molecular complexity index is 1610. The van der Waals surface area contributed by atoms with E-state index in [1.165, 1.54) is 6.08 Å². The maximum Gasteiger partial charge on any atom is 0.308 e. The van der Waals surface area contributed by atoms with E-state index in [2.05, 4.69) is 6.58 Å². The van der Waals surface area contributed by atoms with Crippen LogP contribution < -0.4 is 5.73 Å². The monoisotopic (exact) mass is 906 g/mol. The Morgan fingerprint density at radius 3 is 1.84 bits per heavy atom. The van der Waals surface area contributed by atoms with Crippen LogP contribution in [0.4, 0.5) is 0 Å². The summed E-state index contributed by atoms with van der Waals surface area (Å²) in [7, 11) is 0. The van der Waals surface area contributed by atoms with Crippen molar-refractivity contribution < 1.29 is 74.8 Å². The molecule has 3 aliphatic rings. The fourth-order valence-corrected chi connectivity index (χ4v) is 7.98. The van der Waals surface area contributed by atoms with Gasteiger partial charge in [0.25, 0.3) is 0 Å². The molecular formula is C48H75NO15. The number of ether oxygens (including phenoxy) is 4. The summed E-state index contributed by atoms with van der Waals surface area (Å²) in [4.78, 5) is 12.6. The molecule has 3 rings (SSSR count). The number of rotatable bonds is 3. The molecule has 0 radical (unpaired) electrons. The minimum atomic E-state index is -2.10. The zero-order valence-corrected chi connectivity index (χ0v) is 37.5. The third-order valence-corrected chi connectivity index (χ3v) is 12.1. The van der Waals surface area contributed by atoms with Crippen LogP contribution in [0.3, 0.4) is 0 Å². The summed E-state index contributed by atoms with van der Waals surface area (Å²) in [6.07, 6.45) is 8.82.